The molecule has 144 valence electrons. The van der Waals surface area contributed by atoms with Crippen LogP contribution in [-0.4, -0.2) is 18.4 Å². The third-order valence-electron chi connectivity index (χ3n) is 4.79. The van der Waals surface area contributed by atoms with Crippen molar-refractivity contribution < 1.29 is 9.59 Å². The van der Waals surface area contributed by atoms with E-state index in [4.69, 9.17) is 0 Å². The van der Waals surface area contributed by atoms with Gasteiger partial charge in [-0.1, -0.05) is 61.9 Å². The molecule has 0 unspecified atom stereocenters. The molecule has 0 saturated carbocycles. The minimum atomic E-state index is -0.0474. The van der Waals surface area contributed by atoms with Gasteiger partial charge in [-0.05, 0) is 36.5 Å². The molecule has 0 fully saturated rings. The van der Waals surface area contributed by atoms with Gasteiger partial charge in [-0.15, -0.1) is 0 Å². The van der Waals surface area contributed by atoms with Gasteiger partial charge in [-0.25, -0.2) is 0 Å². The maximum absolute atomic E-state index is 12.3. The molecule has 2 aromatic carbocycles. The molecule has 1 N–H and O–H groups in total. The van der Waals surface area contributed by atoms with E-state index in [0.29, 0.717) is 13.1 Å². The van der Waals surface area contributed by atoms with E-state index in [2.05, 4.69) is 31.3 Å². The number of rotatable bonds is 8. The Morgan fingerprint density at radius 2 is 1.56 bits per heavy atom. The van der Waals surface area contributed by atoms with Crippen molar-refractivity contribution in [2.75, 3.05) is 11.4 Å². The fourth-order valence-electron chi connectivity index (χ4n) is 3.20. The van der Waals surface area contributed by atoms with Gasteiger partial charge in [0.2, 0.25) is 11.8 Å². The van der Waals surface area contributed by atoms with Crippen LogP contribution < -0.4 is 10.2 Å². The average molecular weight is 367 g/mol. The minimum absolute atomic E-state index is 0.0306. The highest BCUT2D eigenvalue weighted by molar-refractivity contribution is 5.94. The van der Waals surface area contributed by atoms with E-state index >= 15 is 0 Å². The van der Waals surface area contributed by atoms with Gasteiger partial charge < -0.3 is 10.2 Å². The Morgan fingerprint density at radius 1 is 0.963 bits per heavy atom. The normalized spacial score (nSPS) is 10.5. The average Bonchev–Trinajstić information content (AvgIpc) is 2.67. The van der Waals surface area contributed by atoms with Crippen LogP contribution in [0.25, 0.3) is 0 Å². The summed E-state index contributed by atoms with van der Waals surface area (Å²) in [4.78, 5) is 26.4. The molecule has 4 heteroatoms. The van der Waals surface area contributed by atoms with Crippen LogP contribution in [0.2, 0.25) is 0 Å². The molecular formula is C23H30N2O2. The monoisotopic (exact) mass is 366 g/mol. The number of benzene rings is 2. The zero-order valence-corrected chi connectivity index (χ0v) is 16.8. The second kappa shape index (κ2) is 9.91. The summed E-state index contributed by atoms with van der Waals surface area (Å²) in [5, 5.41) is 2.94. The first-order valence-corrected chi connectivity index (χ1v) is 9.67. The van der Waals surface area contributed by atoms with E-state index in [-0.39, 0.29) is 18.2 Å². The summed E-state index contributed by atoms with van der Waals surface area (Å²) < 4.78 is 0. The summed E-state index contributed by atoms with van der Waals surface area (Å²) in [7, 11) is 0. The Hall–Kier alpha value is -2.62. The number of nitrogens with one attached hydrogen (secondary N) is 1. The first-order valence-electron chi connectivity index (χ1n) is 9.67. The minimum Gasteiger partial charge on any atom is -0.352 e. The highest BCUT2D eigenvalue weighted by Crippen LogP contribution is 2.27. The van der Waals surface area contributed by atoms with Crippen molar-refractivity contribution in [3.05, 3.63) is 64.7 Å². The maximum atomic E-state index is 12.3. The number of para-hydroxylation sites is 1. The first-order chi connectivity index (χ1) is 13.0. The Labute approximate surface area is 162 Å². The largest absolute Gasteiger partial charge is 0.352 e. The van der Waals surface area contributed by atoms with Gasteiger partial charge in [-0.2, -0.15) is 0 Å². The summed E-state index contributed by atoms with van der Waals surface area (Å²) in [5.74, 6) is -0.0780. The molecule has 2 amide bonds. The predicted molar refractivity (Wildman–Crippen MR) is 111 cm³/mol. The molecule has 0 bridgehead atoms. The van der Waals surface area contributed by atoms with Gasteiger partial charge in [0.1, 0.15) is 0 Å². The summed E-state index contributed by atoms with van der Waals surface area (Å²) in [5.41, 5.74) is 5.53. The standard InChI is InChI=1S/C23H30N2O2/c1-5-20-8-7-9-21(6-2)23(20)25(18(4)26)15-14-22(27)24-16-19-12-10-17(3)11-13-19/h7-13H,5-6,14-16H2,1-4H3,(H,24,27). The van der Waals surface area contributed by atoms with E-state index in [9.17, 15) is 9.59 Å². The molecule has 0 atom stereocenters. The van der Waals surface area contributed by atoms with Crippen LogP contribution in [0.1, 0.15) is 49.4 Å². The predicted octanol–water partition coefficient (Wildman–Crippen LogP) is 4.18. The van der Waals surface area contributed by atoms with E-state index in [1.54, 1.807) is 11.8 Å². The van der Waals surface area contributed by atoms with Crippen LogP contribution in [0.15, 0.2) is 42.5 Å². The Kier molecular flexibility index (Phi) is 7.59. The van der Waals surface area contributed by atoms with Crippen LogP contribution in [0.5, 0.6) is 0 Å². The number of hydrogen-bond acceptors (Lipinski definition) is 2. The lowest BCUT2D eigenvalue weighted by Crippen LogP contribution is -2.35. The summed E-state index contributed by atoms with van der Waals surface area (Å²) in [6.07, 6.45) is 1.99. The van der Waals surface area contributed by atoms with Crippen molar-refractivity contribution in [1.29, 1.82) is 0 Å². The van der Waals surface area contributed by atoms with Gasteiger partial charge in [0.15, 0.2) is 0 Å². The Balaban J connectivity index is 2.03. The van der Waals surface area contributed by atoms with Crippen LogP contribution in [0.4, 0.5) is 5.69 Å². The molecule has 0 aliphatic heterocycles. The molecule has 2 aromatic rings. The van der Waals surface area contributed by atoms with Crippen molar-refractivity contribution in [2.24, 2.45) is 0 Å². The van der Waals surface area contributed by atoms with Crippen LogP contribution in [-0.2, 0) is 29.0 Å². The van der Waals surface area contributed by atoms with E-state index in [0.717, 1.165) is 35.2 Å². The second-order valence-electron chi connectivity index (χ2n) is 6.81. The molecular weight excluding hydrogens is 336 g/mol. The number of amides is 2. The second-order valence-corrected chi connectivity index (χ2v) is 6.81. The fourth-order valence-corrected chi connectivity index (χ4v) is 3.20. The number of nitrogens with zero attached hydrogens (tertiary/aromatic N) is 1. The van der Waals surface area contributed by atoms with Crippen molar-refractivity contribution in [3.63, 3.8) is 0 Å². The number of anilines is 1. The molecule has 0 aromatic heterocycles. The van der Waals surface area contributed by atoms with Gasteiger partial charge in [0, 0.05) is 32.1 Å². The van der Waals surface area contributed by atoms with Gasteiger partial charge in [0.05, 0.1) is 0 Å². The van der Waals surface area contributed by atoms with Crippen molar-refractivity contribution in [3.8, 4) is 0 Å². The lowest BCUT2D eigenvalue weighted by atomic mass is 10.0. The van der Waals surface area contributed by atoms with Crippen LogP contribution in [0.3, 0.4) is 0 Å². The molecule has 0 radical (unpaired) electrons. The number of aryl methyl sites for hydroxylation is 3. The number of hydrogen-bond donors (Lipinski definition) is 1. The van der Waals surface area contributed by atoms with Crippen molar-refractivity contribution in [1.82, 2.24) is 5.32 Å². The first kappa shape index (κ1) is 20.7. The molecule has 0 aliphatic carbocycles. The van der Waals surface area contributed by atoms with Gasteiger partial charge in [-0.3, -0.25) is 9.59 Å². The van der Waals surface area contributed by atoms with Crippen LogP contribution in [0, 0.1) is 6.92 Å². The van der Waals surface area contributed by atoms with Gasteiger partial charge >= 0.3 is 0 Å². The highest BCUT2D eigenvalue weighted by Gasteiger charge is 2.19. The fraction of sp³-hybridized carbons (Fsp3) is 0.391. The lowest BCUT2D eigenvalue weighted by Gasteiger charge is -2.26. The van der Waals surface area contributed by atoms with Crippen LogP contribution >= 0.6 is 0 Å². The smallest absolute Gasteiger partial charge is 0.223 e. The third-order valence-corrected chi connectivity index (χ3v) is 4.79. The Morgan fingerprint density at radius 3 is 2.07 bits per heavy atom. The number of carbonyl (C=O) groups excluding carboxylic acids is 2. The van der Waals surface area contributed by atoms with Crippen molar-refractivity contribution in [2.45, 2.75) is 53.5 Å². The molecule has 4 nitrogen and oxygen atoms in total. The molecule has 27 heavy (non-hydrogen) atoms. The molecule has 0 aliphatic rings. The van der Waals surface area contributed by atoms with E-state index in [1.807, 2.05) is 37.3 Å². The summed E-state index contributed by atoms with van der Waals surface area (Å²) in [6, 6.07) is 14.3. The van der Waals surface area contributed by atoms with Crippen molar-refractivity contribution >= 4 is 17.5 Å². The highest BCUT2D eigenvalue weighted by atomic mass is 16.2. The molecule has 0 saturated heterocycles. The summed E-state index contributed by atoms with van der Waals surface area (Å²) in [6.45, 7) is 8.67. The zero-order valence-electron chi connectivity index (χ0n) is 16.8. The molecule has 0 spiro atoms. The van der Waals surface area contributed by atoms with E-state index in [1.165, 1.54) is 5.56 Å². The number of carbonyl (C=O) groups is 2. The summed E-state index contributed by atoms with van der Waals surface area (Å²) >= 11 is 0. The quantitative estimate of drug-likeness (QED) is 0.762. The molecule has 0 heterocycles. The Bertz CT molecular complexity index is 759. The topological polar surface area (TPSA) is 49.4 Å². The zero-order chi connectivity index (χ0) is 19.8. The van der Waals surface area contributed by atoms with E-state index < -0.39 is 0 Å². The SMILES string of the molecule is CCc1cccc(CC)c1N(CCC(=O)NCc1ccc(C)cc1)C(C)=O. The molecule has 2 rings (SSSR count). The lowest BCUT2D eigenvalue weighted by molar-refractivity contribution is -0.121. The van der Waals surface area contributed by atoms with Gasteiger partial charge in [0.25, 0.3) is 0 Å². The maximum Gasteiger partial charge on any atom is 0.223 e. The third kappa shape index (κ3) is 5.68.